The van der Waals surface area contributed by atoms with Gasteiger partial charge >= 0.3 is 0 Å². The van der Waals surface area contributed by atoms with Crippen LogP contribution in [0.2, 0.25) is 0 Å². The van der Waals surface area contributed by atoms with Crippen molar-refractivity contribution in [2.45, 2.75) is 0 Å². The van der Waals surface area contributed by atoms with E-state index < -0.39 is 0 Å². The van der Waals surface area contributed by atoms with Crippen molar-refractivity contribution in [1.82, 2.24) is 29.9 Å². The van der Waals surface area contributed by atoms with Crippen LogP contribution in [0.3, 0.4) is 0 Å². The van der Waals surface area contributed by atoms with Gasteiger partial charge in [0.15, 0.2) is 34.9 Å². The molecule has 0 aliphatic heterocycles. The molecule has 0 saturated heterocycles. The first-order valence-corrected chi connectivity index (χ1v) is 18.2. The molecule has 2 heterocycles. The molecular formula is C49H31N7. The van der Waals surface area contributed by atoms with Crippen LogP contribution in [-0.2, 0) is 0 Å². The maximum atomic E-state index is 10.7. The predicted molar refractivity (Wildman–Crippen MR) is 221 cm³/mol. The van der Waals surface area contributed by atoms with Crippen LogP contribution in [0.5, 0.6) is 0 Å². The van der Waals surface area contributed by atoms with Gasteiger partial charge in [-0.3, -0.25) is 0 Å². The average Bonchev–Trinajstić information content (AvgIpc) is 3.29. The first-order chi connectivity index (χ1) is 27.7. The van der Waals surface area contributed by atoms with E-state index in [1.807, 2.05) is 188 Å². The van der Waals surface area contributed by atoms with Crippen LogP contribution in [0.4, 0.5) is 0 Å². The number of nitriles is 1. The second kappa shape index (κ2) is 15.2. The fourth-order valence-electron chi connectivity index (χ4n) is 6.68. The predicted octanol–water partition coefficient (Wildman–Crippen LogP) is 11.3. The van der Waals surface area contributed by atoms with Gasteiger partial charge in [-0.2, -0.15) is 5.26 Å². The molecule has 0 aliphatic rings. The van der Waals surface area contributed by atoms with Gasteiger partial charge in [-0.1, -0.05) is 176 Å². The largest absolute Gasteiger partial charge is 0.208 e. The summed E-state index contributed by atoms with van der Waals surface area (Å²) in [4.78, 5) is 29.4. The van der Waals surface area contributed by atoms with E-state index >= 15 is 0 Å². The number of aromatic nitrogens is 6. The van der Waals surface area contributed by atoms with Gasteiger partial charge in [0.2, 0.25) is 0 Å². The molecule has 0 aliphatic carbocycles. The summed E-state index contributed by atoms with van der Waals surface area (Å²) >= 11 is 0. The standard InChI is InChI=1S/C49H31N7/c50-32-43-41(37-24-13-26-39(30-37)48-53-44(33-16-5-1-6-17-33)51-45(54-48)34-18-7-2-8-19-34)28-15-29-42(43)38-25-14-27-40(31-38)49-55-46(35-20-9-3-10-21-35)52-47(56-49)36-22-11-4-12-23-36/h1-31H. The van der Waals surface area contributed by atoms with E-state index in [1.165, 1.54) is 0 Å². The Morgan fingerprint density at radius 3 is 0.821 bits per heavy atom. The minimum atomic E-state index is 0.545. The molecule has 7 nitrogen and oxygen atoms in total. The van der Waals surface area contributed by atoms with Gasteiger partial charge < -0.3 is 0 Å². The summed E-state index contributed by atoms with van der Waals surface area (Å²) in [5, 5.41) is 10.7. The molecular weight excluding hydrogens is 687 g/mol. The SMILES string of the molecule is N#Cc1c(-c2cccc(-c3nc(-c4ccccc4)nc(-c4ccccc4)n3)c2)cccc1-c1cccc(-c2nc(-c3ccccc3)nc(-c3ccccc3)n2)c1. The zero-order valence-corrected chi connectivity index (χ0v) is 30.0. The lowest BCUT2D eigenvalue weighted by Crippen LogP contribution is -2.00. The third-order valence-corrected chi connectivity index (χ3v) is 9.44. The maximum Gasteiger partial charge on any atom is 0.164 e. The monoisotopic (exact) mass is 717 g/mol. The van der Waals surface area contributed by atoms with Gasteiger partial charge in [0.25, 0.3) is 0 Å². The highest BCUT2D eigenvalue weighted by Gasteiger charge is 2.17. The summed E-state index contributed by atoms with van der Waals surface area (Å²) in [6, 6.07) is 64.1. The second-order valence-electron chi connectivity index (χ2n) is 13.1. The summed E-state index contributed by atoms with van der Waals surface area (Å²) < 4.78 is 0. The van der Waals surface area contributed by atoms with Crippen molar-refractivity contribution in [3.63, 3.8) is 0 Å². The fraction of sp³-hybridized carbons (Fsp3) is 0. The second-order valence-corrected chi connectivity index (χ2v) is 13.1. The topological polar surface area (TPSA) is 101 Å². The van der Waals surface area contributed by atoms with Crippen LogP contribution < -0.4 is 0 Å². The molecule has 0 fully saturated rings. The van der Waals surface area contributed by atoms with E-state index in [1.54, 1.807) is 0 Å². The van der Waals surface area contributed by atoms with Gasteiger partial charge in [0, 0.05) is 44.5 Å². The average molecular weight is 718 g/mol. The molecule has 0 N–H and O–H groups in total. The highest BCUT2D eigenvalue weighted by Crippen LogP contribution is 2.36. The molecule has 0 spiro atoms. The van der Waals surface area contributed by atoms with Crippen molar-refractivity contribution in [2.24, 2.45) is 0 Å². The van der Waals surface area contributed by atoms with Crippen LogP contribution in [0.25, 0.3) is 90.6 Å². The van der Waals surface area contributed by atoms with Gasteiger partial charge in [-0.25, -0.2) is 29.9 Å². The lowest BCUT2D eigenvalue weighted by atomic mass is 9.91. The van der Waals surface area contributed by atoms with Crippen LogP contribution in [-0.4, -0.2) is 29.9 Å². The fourth-order valence-corrected chi connectivity index (χ4v) is 6.68. The van der Waals surface area contributed by atoms with E-state index in [-0.39, 0.29) is 0 Å². The van der Waals surface area contributed by atoms with Crippen molar-refractivity contribution >= 4 is 0 Å². The first-order valence-electron chi connectivity index (χ1n) is 18.2. The molecule has 9 rings (SSSR count). The third kappa shape index (κ3) is 6.94. The number of hydrogen-bond donors (Lipinski definition) is 0. The summed E-state index contributed by atoms with van der Waals surface area (Å²) in [6.07, 6.45) is 0. The van der Waals surface area contributed by atoms with E-state index in [0.717, 1.165) is 55.6 Å². The highest BCUT2D eigenvalue weighted by atomic mass is 15.0. The number of benzene rings is 7. The molecule has 0 saturated carbocycles. The highest BCUT2D eigenvalue weighted by molar-refractivity contribution is 5.85. The number of nitrogens with zero attached hydrogens (tertiary/aromatic N) is 7. The Labute approximate surface area is 324 Å². The smallest absolute Gasteiger partial charge is 0.164 e. The molecule has 0 radical (unpaired) electrons. The summed E-state index contributed by atoms with van der Waals surface area (Å²) in [5.41, 5.74) is 9.13. The molecule has 0 atom stereocenters. The van der Waals surface area contributed by atoms with Crippen LogP contribution in [0.1, 0.15) is 5.56 Å². The van der Waals surface area contributed by atoms with E-state index in [9.17, 15) is 5.26 Å². The normalized spacial score (nSPS) is 10.8. The third-order valence-electron chi connectivity index (χ3n) is 9.44. The van der Waals surface area contributed by atoms with Gasteiger partial charge in [0.1, 0.15) is 6.07 Å². The minimum absolute atomic E-state index is 0.545. The van der Waals surface area contributed by atoms with E-state index in [4.69, 9.17) is 29.9 Å². The Morgan fingerprint density at radius 2 is 0.518 bits per heavy atom. The Kier molecular flexibility index (Phi) is 9.18. The molecule has 0 unspecified atom stereocenters. The summed E-state index contributed by atoms with van der Waals surface area (Å²) in [5.74, 6) is 3.44. The number of rotatable bonds is 8. The van der Waals surface area contributed by atoms with Gasteiger partial charge in [-0.05, 0) is 23.3 Å². The lowest BCUT2D eigenvalue weighted by Gasteiger charge is -2.13. The zero-order chi connectivity index (χ0) is 37.7. The Bertz CT molecular complexity index is 2550. The molecule has 262 valence electrons. The minimum Gasteiger partial charge on any atom is -0.208 e. The molecule has 0 bridgehead atoms. The van der Waals surface area contributed by atoms with Gasteiger partial charge in [-0.15, -0.1) is 0 Å². The van der Waals surface area contributed by atoms with Crippen LogP contribution >= 0.6 is 0 Å². The van der Waals surface area contributed by atoms with Crippen molar-refractivity contribution in [2.75, 3.05) is 0 Å². The number of hydrogen-bond acceptors (Lipinski definition) is 7. The van der Waals surface area contributed by atoms with Crippen LogP contribution in [0, 0.1) is 11.3 Å². The lowest BCUT2D eigenvalue weighted by molar-refractivity contribution is 1.07. The molecule has 56 heavy (non-hydrogen) atoms. The molecule has 0 amide bonds. The summed E-state index contributed by atoms with van der Waals surface area (Å²) in [7, 11) is 0. The summed E-state index contributed by atoms with van der Waals surface area (Å²) in [6.45, 7) is 0. The van der Waals surface area contributed by atoms with Crippen molar-refractivity contribution < 1.29 is 0 Å². The quantitative estimate of drug-likeness (QED) is 0.154. The van der Waals surface area contributed by atoms with Gasteiger partial charge in [0.05, 0.1) is 5.56 Å². The van der Waals surface area contributed by atoms with Crippen molar-refractivity contribution in [3.05, 3.63) is 194 Å². The van der Waals surface area contributed by atoms with Crippen LogP contribution in [0.15, 0.2) is 188 Å². The maximum absolute atomic E-state index is 10.7. The molecule has 7 aromatic carbocycles. The van der Waals surface area contributed by atoms with Crippen molar-refractivity contribution in [1.29, 1.82) is 5.26 Å². The molecule has 2 aromatic heterocycles. The molecule has 9 aromatic rings. The Morgan fingerprint density at radius 1 is 0.268 bits per heavy atom. The van der Waals surface area contributed by atoms with E-state index in [0.29, 0.717) is 40.5 Å². The van der Waals surface area contributed by atoms with Crippen molar-refractivity contribution in [3.8, 4) is 96.7 Å². The Hall–Kier alpha value is -7.95. The Balaban J connectivity index is 1.12. The van der Waals surface area contributed by atoms with E-state index in [2.05, 4.69) is 6.07 Å². The molecule has 7 heteroatoms. The first kappa shape index (κ1) is 33.9. The zero-order valence-electron chi connectivity index (χ0n) is 30.0.